The maximum absolute atomic E-state index is 12.5. The number of carbonyl (C=O) groups is 3. The molecule has 0 aliphatic carbocycles. The van der Waals surface area contributed by atoms with E-state index in [0.29, 0.717) is 35.8 Å². The van der Waals surface area contributed by atoms with Gasteiger partial charge in [-0.25, -0.2) is 14.4 Å². The molecule has 0 amide bonds. The molecule has 0 heterocycles. The molecule has 8 heteroatoms. The first-order valence-corrected chi connectivity index (χ1v) is 11.1. The van der Waals surface area contributed by atoms with Crippen LogP contribution in [0.25, 0.3) is 6.08 Å². The highest BCUT2D eigenvalue weighted by molar-refractivity contribution is 5.91. The van der Waals surface area contributed by atoms with Crippen molar-refractivity contribution in [2.45, 2.75) is 25.7 Å². The number of esters is 3. The lowest BCUT2D eigenvalue weighted by Crippen LogP contribution is -2.09. The summed E-state index contributed by atoms with van der Waals surface area (Å²) in [5.74, 6) is -0.152. The normalized spacial score (nSPS) is 10.5. The molecule has 0 saturated heterocycles. The highest BCUT2D eigenvalue weighted by Crippen LogP contribution is 2.29. The van der Waals surface area contributed by atoms with Gasteiger partial charge in [-0.1, -0.05) is 12.6 Å². The van der Waals surface area contributed by atoms with Crippen molar-refractivity contribution < 1.29 is 38.1 Å². The Bertz CT molecular complexity index is 1020. The molecule has 0 spiro atoms. The average molecular weight is 483 g/mol. The first kappa shape index (κ1) is 27.2. The lowest BCUT2D eigenvalue weighted by Gasteiger charge is -2.11. The third kappa shape index (κ3) is 9.75. The molecule has 0 unspecified atom stereocenters. The second-order valence-electron chi connectivity index (χ2n) is 7.31. The smallest absolute Gasteiger partial charge is 0.343 e. The molecular weight excluding hydrogens is 452 g/mol. The quantitative estimate of drug-likeness (QED) is 0.164. The Kier molecular flexibility index (Phi) is 11.6. The van der Waals surface area contributed by atoms with Gasteiger partial charge in [-0.3, -0.25) is 0 Å². The summed E-state index contributed by atoms with van der Waals surface area (Å²) in [6, 6.07) is 11.6. The molecule has 0 fully saturated rings. The Balaban J connectivity index is 1.80. The van der Waals surface area contributed by atoms with Gasteiger partial charge in [-0.15, -0.1) is 0 Å². The van der Waals surface area contributed by atoms with Crippen molar-refractivity contribution in [1.82, 2.24) is 0 Å². The largest absolute Gasteiger partial charge is 0.494 e. The van der Waals surface area contributed by atoms with E-state index in [1.807, 2.05) is 0 Å². The van der Waals surface area contributed by atoms with Crippen LogP contribution < -0.4 is 14.2 Å². The molecule has 2 aromatic carbocycles. The molecule has 35 heavy (non-hydrogen) atoms. The van der Waals surface area contributed by atoms with Gasteiger partial charge in [0.15, 0.2) is 11.5 Å². The second kappa shape index (κ2) is 15.0. The fourth-order valence-electron chi connectivity index (χ4n) is 2.93. The van der Waals surface area contributed by atoms with Crippen molar-refractivity contribution >= 4 is 24.0 Å². The Morgan fingerprint density at radius 3 is 2.23 bits per heavy atom. The van der Waals surface area contributed by atoms with E-state index in [2.05, 4.69) is 11.3 Å². The number of unbranched alkanes of at least 4 members (excludes halogenated alkanes) is 3. The van der Waals surface area contributed by atoms with Gasteiger partial charge in [0.25, 0.3) is 0 Å². The second-order valence-corrected chi connectivity index (χ2v) is 7.31. The summed E-state index contributed by atoms with van der Waals surface area (Å²) in [6.07, 6.45) is 7.56. The van der Waals surface area contributed by atoms with E-state index < -0.39 is 17.9 Å². The van der Waals surface area contributed by atoms with E-state index in [9.17, 15) is 14.4 Å². The highest BCUT2D eigenvalue weighted by Gasteiger charge is 2.13. The minimum absolute atomic E-state index is 0.257. The maximum Gasteiger partial charge on any atom is 0.343 e. The summed E-state index contributed by atoms with van der Waals surface area (Å²) in [7, 11) is 2.76. The first-order valence-electron chi connectivity index (χ1n) is 11.1. The molecule has 2 rings (SSSR count). The van der Waals surface area contributed by atoms with E-state index in [1.54, 1.807) is 48.5 Å². The monoisotopic (exact) mass is 482 g/mol. The van der Waals surface area contributed by atoms with Gasteiger partial charge in [-0.2, -0.15) is 0 Å². The van der Waals surface area contributed by atoms with E-state index in [1.165, 1.54) is 20.3 Å². The minimum Gasteiger partial charge on any atom is -0.494 e. The van der Waals surface area contributed by atoms with Gasteiger partial charge in [-0.05, 0) is 73.7 Å². The molecule has 0 aromatic heterocycles. The molecule has 0 radical (unpaired) electrons. The molecule has 0 bridgehead atoms. The Morgan fingerprint density at radius 1 is 0.857 bits per heavy atom. The molecule has 0 aliphatic heterocycles. The van der Waals surface area contributed by atoms with Crippen molar-refractivity contribution in [2.24, 2.45) is 0 Å². The molecule has 0 atom stereocenters. The van der Waals surface area contributed by atoms with E-state index in [4.69, 9.17) is 18.9 Å². The Hall–Kier alpha value is -4.07. The van der Waals surface area contributed by atoms with Crippen LogP contribution in [0.2, 0.25) is 0 Å². The zero-order chi connectivity index (χ0) is 25.5. The van der Waals surface area contributed by atoms with Gasteiger partial charge >= 0.3 is 17.9 Å². The van der Waals surface area contributed by atoms with Crippen LogP contribution in [-0.4, -0.2) is 45.3 Å². The van der Waals surface area contributed by atoms with Crippen LogP contribution in [0, 0.1) is 0 Å². The highest BCUT2D eigenvalue weighted by atomic mass is 16.6. The van der Waals surface area contributed by atoms with Crippen molar-refractivity contribution in [2.75, 3.05) is 27.4 Å². The molecule has 0 aliphatic rings. The predicted molar refractivity (Wildman–Crippen MR) is 131 cm³/mol. The molecule has 0 saturated carbocycles. The summed E-state index contributed by atoms with van der Waals surface area (Å²) in [4.78, 5) is 34.7. The van der Waals surface area contributed by atoms with Crippen molar-refractivity contribution in [3.63, 3.8) is 0 Å². The van der Waals surface area contributed by atoms with Crippen molar-refractivity contribution in [3.05, 3.63) is 72.3 Å². The van der Waals surface area contributed by atoms with Gasteiger partial charge < -0.3 is 23.7 Å². The first-order chi connectivity index (χ1) is 17.0. The average Bonchev–Trinajstić information content (AvgIpc) is 2.89. The van der Waals surface area contributed by atoms with Gasteiger partial charge in [0.1, 0.15) is 5.75 Å². The van der Waals surface area contributed by atoms with Crippen LogP contribution in [0.15, 0.2) is 61.2 Å². The van der Waals surface area contributed by atoms with Crippen LogP contribution in [0.4, 0.5) is 0 Å². The lowest BCUT2D eigenvalue weighted by atomic mass is 10.2. The predicted octanol–water partition coefficient (Wildman–Crippen LogP) is 4.77. The van der Waals surface area contributed by atoms with Crippen molar-refractivity contribution in [3.8, 4) is 17.2 Å². The fraction of sp³-hybridized carbons (Fsp3) is 0.296. The summed E-state index contributed by atoms with van der Waals surface area (Å²) in [5.41, 5.74) is 1.05. The van der Waals surface area contributed by atoms with Crippen LogP contribution >= 0.6 is 0 Å². The van der Waals surface area contributed by atoms with Gasteiger partial charge in [0.2, 0.25) is 0 Å². The summed E-state index contributed by atoms with van der Waals surface area (Å²) in [5, 5.41) is 0. The third-order valence-electron chi connectivity index (χ3n) is 4.81. The number of carbonyl (C=O) groups excluding carboxylic acids is 3. The van der Waals surface area contributed by atoms with E-state index in [0.717, 1.165) is 31.8 Å². The summed E-state index contributed by atoms with van der Waals surface area (Å²) < 4.78 is 26.0. The van der Waals surface area contributed by atoms with Crippen LogP contribution in [-0.2, 0) is 19.1 Å². The zero-order valence-electron chi connectivity index (χ0n) is 20.0. The maximum atomic E-state index is 12.5. The molecular formula is C27H30O8. The van der Waals surface area contributed by atoms with Gasteiger partial charge in [0.05, 0.1) is 33.0 Å². The van der Waals surface area contributed by atoms with E-state index in [-0.39, 0.29) is 5.75 Å². The summed E-state index contributed by atoms with van der Waals surface area (Å²) in [6.45, 7) is 4.29. The SMILES string of the molecule is C=CC(=O)OCCCCCCOc1ccc(C(=O)Oc2ccc(/C=C/C(=O)OC)cc2OC)cc1. The zero-order valence-corrected chi connectivity index (χ0v) is 20.0. The Morgan fingerprint density at radius 2 is 1.57 bits per heavy atom. The third-order valence-corrected chi connectivity index (χ3v) is 4.81. The lowest BCUT2D eigenvalue weighted by molar-refractivity contribution is -0.138. The fourth-order valence-corrected chi connectivity index (χ4v) is 2.93. The molecule has 0 N–H and O–H groups in total. The van der Waals surface area contributed by atoms with E-state index >= 15 is 0 Å². The van der Waals surface area contributed by atoms with Crippen LogP contribution in [0.3, 0.4) is 0 Å². The van der Waals surface area contributed by atoms with Gasteiger partial charge in [0, 0.05) is 12.2 Å². The number of methoxy groups -OCH3 is 2. The number of hydrogen-bond acceptors (Lipinski definition) is 8. The van der Waals surface area contributed by atoms with Crippen molar-refractivity contribution in [1.29, 1.82) is 0 Å². The van der Waals surface area contributed by atoms with Crippen LogP contribution in [0.1, 0.15) is 41.6 Å². The molecule has 2 aromatic rings. The minimum atomic E-state index is -0.537. The summed E-state index contributed by atoms with van der Waals surface area (Å²) >= 11 is 0. The molecule has 8 nitrogen and oxygen atoms in total. The number of hydrogen-bond donors (Lipinski definition) is 0. The number of benzene rings is 2. The number of rotatable bonds is 14. The number of ether oxygens (including phenoxy) is 5. The van der Waals surface area contributed by atoms with Crippen LogP contribution in [0.5, 0.6) is 17.2 Å². The Labute approximate surface area is 205 Å². The topological polar surface area (TPSA) is 97.4 Å². The standard InChI is InChI=1S/C27H30O8/c1-4-25(28)34-18-8-6-5-7-17-33-22-13-11-21(12-14-22)27(30)35-23-15-9-20(19-24(23)31-2)10-16-26(29)32-3/h4,9-16,19H,1,5-8,17-18H2,2-3H3/b16-10+. The molecule has 186 valence electrons.